The minimum Gasteiger partial charge on any atom is -0.385 e. The van der Waals surface area contributed by atoms with Gasteiger partial charge < -0.3 is 5.32 Å². The van der Waals surface area contributed by atoms with E-state index in [-0.39, 0.29) is 11.5 Å². The van der Waals surface area contributed by atoms with Crippen LogP contribution in [0, 0.1) is 5.41 Å². The van der Waals surface area contributed by atoms with Gasteiger partial charge in [-0.15, -0.1) is 0 Å². The maximum Gasteiger partial charge on any atom is 0.240 e. The number of hydrogen-bond donors (Lipinski definition) is 2. The van der Waals surface area contributed by atoms with Crippen LogP contribution >= 0.6 is 0 Å². The Balaban J connectivity index is 2.26. The van der Waals surface area contributed by atoms with Gasteiger partial charge in [-0.2, -0.15) is 0 Å². The quantitative estimate of drug-likeness (QED) is 0.901. The predicted molar refractivity (Wildman–Crippen MR) is 82.5 cm³/mol. The fraction of sp³-hybridized carbons (Fsp3) is 0.600. The lowest BCUT2D eigenvalue weighted by Crippen LogP contribution is -2.41. The van der Waals surface area contributed by atoms with Crippen molar-refractivity contribution in [3.8, 4) is 0 Å². The molecule has 1 unspecified atom stereocenters. The van der Waals surface area contributed by atoms with Gasteiger partial charge in [0.15, 0.2) is 0 Å². The SMILES string of the molecule is CC(NS(=O)(=O)c1ccc2c(c1)NCCC2)C(C)(C)C. The molecule has 0 amide bonds. The minimum absolute atomic E-state index is 0.112. The first kappa shape index (κ1) is 15.3. The number of sulfonamides is 1. The summed E-state index contributed by atoms with van der Waals surface area (Å²) in [4.78, 5) is 0.335. The molecule has 1 aliphatic heterocycles. The van der Waals surface area contributed by atoms with E-state index >= 15 is 0 Å². The standard InChI is InChI=1S/C15H24N2O2S/c1-11(15(2,3)4)17-20(18,19)13-8-7-12-6-5-9-16-14(12)10-13/h7-8,10-11,16-17H,5-6,9H2,1-4H3. The van der Waals surface area contributed by atoms with Crippen LogP contribution in [0.15, 0.2) is 23.1 Å². The molecular weight excluding hydrogens is 272 g/mol. The van der Waals surface area contributed by atoms with E-state index in [4.69, 9.17) is 0 Å². The van der Waals surface area contributed by atoms with Crippen LogP contribution in [0.3, 0.4) is 0 Å². The lowest BCUT2D eigenvalue weighted by molar-refractivity contribution is 0.317. The van der Waals surface area contributed by atoms with E-state index in [0.717, 1.165) is 25.1 Å². The van der Waals surface area contributed by atoms with E-state index in [1.807, 2.05) is 33.8 Å². The number of rotatable bonds is 3. The molecule has 0 bridgehead atoms. The van der Waals surface area contributed by atoms with Crippen molar-refractivity contribution in [2.24, 2.45) is 5.41 Å². The van der Waals surface area contributed by atoms with Gasteiger partial charge in [0.1, 0.15) is 0 Å². The van der Waals surface area contributed by atoms with E-state index in [9.17, 15) is 8.42 Å². The molecule has 5 heteroatoms. The van der Waals surface area contributed by atoms with Gasteiger partial charge in [0, 0.05) is 18.3 Å². The topological polar surface area (TPSA) is 58.2 Å². The zero-order chi connectivity index (χ0) is 15.0. The first-order valence-corrected chi connectivity index (χ1v) is 8.57. The fourth-order valence-corrected chi connectivity index (χ4v) is 3.56. The summed E-state index contributed by atoms with van der Waals surface area (Å²) in [5.41, 5.74) is 2.03. The second-order valence-corrected chi connectivity index (χ2v) is 8.27. The molecule has 1 heterocycles. The molecule has 1 atom stereocenters. The highest BCUT2D eigenvalue weighted by Gasteiger charge is 2.26. The second-order valence-electron chi connectivity index (χ2n) is 6.56. The Bertz CT molecular complexity index is 588. The number of anilines is 1. The molecule has 0 spiro atoms. The molecule has 0 fully saturated rings. The van der Waals surface area contributed by atoms with Crippen LogP contribution in [-0.2, 0) is 16.4 Å². The summed E-state index contributed by atoms with van der Waals surface area (Å²) in [6.07, 6.45) is 2.10. The van der Waals surface area contributed by atoms with E-state index in [2.05, 4.69) is 10.0 Å². The number of nitrogens with one attached hydrogen (secondary N) is 2. The Labute approximate surface area is 122 Å². The van der Waals surface area contributed by atoms with Crippen LogP contribution in [-0.4, -0.2) is 21.0 Å². The summed E-state index contributed by atoms with van der Waals surface area (Å²) in [6.45, 7) is 8.87. The molecular formula is C15H24N2O2S. The van der Waals surface area contributed by atoms with E-state index in [1.165, 1.54) is 5.56 Å². The maximum absolute atomic E-state index is 12.4. The van der Waals surface area contributed by atoms with Crippen molar-refractivity contribution in [2.75, 3.05) is 11.9 Å². The molecule has 0 radical (unpaired) electrons. The van der Waals surface area contributed by atoms with Crippen LogP contribution in [0.1, 0.15) is 39.7 Å². The Kier molecular flexibility index (Phi) is 4.12. The van der Waals surface area contributed by atoms with E-state index in [0.29, 0.717) is 4.90 Å². The van der Waals surface area contributed by atoms with Crippen molar-refractivity contribution in [1.82, 2.24) is 4.72 Å². The third-order valence-electron chi connectivity index (χ3n) is 3.96. The van der Waals surface area contributed by atoms with Gasteiger partial charge in [0.05, 0.1) is 4.90 Å². The Morgan fingerprint density at radius 1 is 1.30 bits per heavy atom. The molecule has 0 aromatic heterocycles. The third kappa shape index (κ3) is 3.33. The van der Waals surface area contributed by atoms with Crippen molar-refractivity contribution < 1.29 is 8.42 Å². The van der Waals surface area contributed by atoms with Crippen molar-refractivity contribution in [3.05, 3.63) is 23.8 Å². The van der Waals surface area contributed by atoms with Crippen LogP contribution in [0.4, 0.5) is 5.69 Å². The number of aryl methyl sites for hydroxylation is 1. The summed E-state index contributed by atoms with van der Waals surface area (Å²) < 4.78 is 27.6. The summed E-state index contributed by atoms with van der Waals surface area (Å²) >= 11 is 0. The monoisotopic (exact) mass is 296 g/mol. The average molecular weight is 296 g/mol. The fourth-order valence-electron chi connectivity index (χ4n) is 2.08. The number of benzene rings is 1. The zero-order valence-electron chi connectivity index (χ0n) is 12.7. The van der Waals surface area contributed by atoms with Gasteiger partial charge in [-0.3, -0.25) is 0 Å². The smallest absolute Gasteiger partial charge is 0.240 e. The van der Waals surface area contributed by atoms with Crippen molar-refractivity contribution in [1.29, 1.82) is 0 Å². The predicted octanol–water partition coefficient (Wildman–Crippen LogP) is 2.76. The number of fused-ring (bicyclic) bond motifs is 1. The van der Waals surface area contributed by atoms with Gasteiger partial charge >= 0.3 is 0 Å². The van der Waals surface area contributed by atoms with Gasteiger partial charge in [-0.05, 0) is 42.9 Å². The zero-order valence-corrected chi connectivity index (χ0v) is 13.5. The Morgan fingerprint density at radius 3 is 2.65 bits per heavy atom. The largest absolute Gasteiger partial charge is 0.385 e. The summed E-state index contributed by atoms with van der Waals surface area (Å²) in [5.74, 6) is 0. The van der Waals surface area contributed by atoms with Crippen LogP contribution in [0.25, 0.3) is 0 Å². The van der Waals surface area contributed by atoms with E-state index < -0.39 is 10.0 Å². The van der Waals surface area contributed by atoms with Crippen molar-refractivity contribution >= 4 is 15.7 Å². The van der Waals surface area contributed by atoms with Crippen molar-refractivity contribution in [2.45, 2.75) is 51.5 Å². The van der Waals surface area contributed by atoms with Crippen LogP contribution in [0.5, 0.6) is 0 Å². The van der Waals surface area contributed by atoms with Gasteiger partial charge in [-0.1, -0.05) is 26.8 Å². The van der Waals surface area contributed by atoms with E-state index in [1.54, 1.807) is 12.1 Å². The normalized spacial score (nSPS) is 17.2. The Morgan fingerprint density at radius 2 is 2.00 bits per heavy atom. The molecule has 0 saturated carbocycles. The van der Waals surface area contributed by atoms with Crippen LogP contribution in [0.2, 0.25) is 0 Å². The number of hydrogen-bond acceptors (Lipinski definition) is 3. The molecule has 2 rings (SSSR count). The lowest BCUT2D eigenvalue weighted by atomic mass is 9.89. The molecule has 20 heavy (non-hydrogen) atoms. The molecule has 2 N–H and O–H groups in total. The molecule has 0 aliphatic carbocycles. The molecule has 1 aromatic rings. The van der Waals surface area contributed by atoms with Gasteiger partial charge in [0.25, 0.3) is 0 Å². The molecule has 4 nitrogen and oxygen atoms in total. The van der Waals surface area contributed by atoms with Gasteiger partial charge in [0.2, 0.25) is 10.0 Å². The van der Waals surface area contributed by atoms with Gasteiger partial charge in [-0.25, -0.2) is 13.1 Å². The highest BCUT2D eigenvalue weighted by Crippen LogP contribution is 2.26. The first-order chi connectivity index (χ1) is 9.20. The molecule has 112 valence electrons. The maximum atomic E-state index is 12.4. The Hall–Kier alpha value is -1.07. The highest BCUT2D eigenvalue weighted by atomic mass is 32.2. The summed E-state index contributed by atoms with van der Waals surface area (Å²) in [7, 11) is -3.47. The van der Waals surface area contributed by atoms with Crippen molar-refractivity contribution in [3.63, 3.8) is 0 Å². The summed E-state index contributed by atoms with van der Waals surface area (Å²) in [5, 5.41) is 3.27. The highest BCUT2D eigenvalue weighted by molar-refractivity contribution is 7.89. The molecule has 0 saturated heterocycles. The third-order valence-corrected chi connectivity index (χ3v) is 5.50. The first-order valence-electron chi connectivity index (χ1n) is 7.09. The summed E-state index contributed by atoms with van der Waals surface area (Å²) in [6, 6.07) is 5.23. The second kappa shape index (κ2) is 5.37. The minimum atomic E-state index is -3.47. The lowest BCUT2D eigenvalue weighted by Gasteiger charge is -2.28. The molecule has 1 aliphatic rings. The average Bonchev–Trinajstić information content (AvgIpc) is 2.36. The van der Waals surface area contributed by atoms with Crippen LogP contribution < -0.4 is 10.0 Å². The molecule has 1 aromatic carbocycles.